The van der Waals surface area contributed by atoms with Crippen molar-refractivity contribution in [3.05, 3.63) is 95.3 Å². The van der Waals surface area contributed by atoms with E-state index in [-0.39, 0.29) is 17.3 Å². The number of nitrogens with zero attached hydrogens (tertiary/aromatic N) is 1. The molecule has 28 heavy (non-hydrogen) atoms. The maximum Gasteiger partial charge on any atom is 0.253 e. The number of hydrogen-bond acceptors (Lipinski definition) is 4. The maximum absolute atomic E-state index is 12.4. The third-order valence-corrected chi connectivity index (χ3v) is 5.56. The van der Waals surface area contributed by atoms with Gasteiger partial charge in [-0.05, 0) is 47.9 Å². The standard InChI is InChI=1S/C21H21N3O3S/c1-16-4-2-6-20(12-16)28(26,27)24-14-18-9-7-17(8-10-18)13-23-21(25)19-5-3-11-22-15-19/h2-12,15,24H,13-14H2,1H3,(H,23,25). The number of aryl methyl sites for hydroxylation is 1. The Kier molecular flexibility index (Phi) is 6.18. The summed E-state index contributed by atoms with van der Waals surface area (Å²) in [6.45, 7) is 2.42. The summed E-state index contributed by atoms with van der Waals surface area (Å²) in [5, 5.41) is 2.83. The summed E-state index contributed by atoms with van der Waals surface area (Å²) in [5.74, 6) is -0.192. The molecule has 7 heteroatoms. The Hall–Kier alpha value is -3.03. The van der Waals surface area contributed by atoms with E-state index >= 15 is 0 Å². The first-order valence-electron chi connectivity index (χ1n) is 8.76. The predicted molar refractivity (Wildman–Crippen MR) is 107 cm³/mol. The van der Waals surface area contributed by atoms with E-state index in [2.05, 4.69) is 15.0 Å². The van der Waals surface area contributed by atoms with Crippen molar-refractivity contribution in [2.45, 2.75) is 24.9 Å². The topological polar surface area (TPSA) is 88.2 Å². The van der Waals surface area contributed by atoms with Gasteiger partial charge in [-0.3, -0.25) is 9.78 Å². The highest BCUT2D eigenvalue weighted by Crippen LogP contribution is 2.12. The minimum absolute atomic E-state index is 0.192. The second-order valence-corrected chi connectivity index (χ2v) is 8.15. The van der Waals surface area contributed by atoms with Crippen molar-refractivity contribution in [1.29, 1.82) is 0 Å². The van der Waals surface area contributed by atoms with Crippen LogP contribution in [0.15, 0.2) is 78.0 Å². The SMILES string of the molecule is Cc1cccc(S(=O)(=O)NCc2ccc(CNC(=O)c3cccnc3)cc2)c1. The molecule has 0 aliphatic carbocycles. The molecule has 1 heterocycles. The highest BCUT2D eigenvalue weighted by Gasteiger charge is 2.13. The highest BCUT2D eigenvalue weighted by atomic mass is 32.2. The summed E-state index contributed by atoms with van der Waals surface area (Å²) >= 11 is 0. The molecule has 144 valence electrons. The quantitative estimate of drug-likeness (QED) is 0.644. The van der Waals surface area contributed by atoms with Crippen LogP contribution in [0.25, 0.3) is 0 Å². The number of hydrogen-bond donors (Lipinski definition) is 2. The molecule has 0 aliphatic heterocycles. The second-order valence-electron chi connectivity index (χ2n) is 6.38. The summed E-state index contributed by atoms with van der Waals surface area (Å²) < 4.78 is 27.4. The molecule has 0 fully saturated rings. The minimum Gasteiger partial charge on any atom is -0.348 e. The third-order valence-electron chi connectivity index (χ3n) is 4.17. The first-order valence-corrected chi connectivity index (χ1v) is 10.2. The number of rotatable bonds is 7. The Balaban J connectivity index is 1.55. The summed E-state index contributed by atoms with van der Waals surface area (Å²) in [7, 11) is -3.56. The molecule has 0 atom stereocenters. The second kappa shape index (κ2) is 8.77. The fourth-order valence-corrected chi connectivity index (χ4v) is 3.72. The molecule has 0 saturated carbocycles. The lowest BCUT2D eigenvalue weighted by Crippen LogP contribution is -2.24. The normalized spacial score (nSPS) is 11.2. The van der Waals surface area contributed by atoms with Crippen LogP contribution in [-0.4, -0.2) is 19.3 Å². The van der Waals surface area contributed by atoms with Gasteiger partial charge in [-0.15, -0.1) is 0 Å². The Morgan fingerprint density at radius 1 is 0.964 bits per heavy atom. The predicted octanol–water partition coefficient (Wildman–Crippen LogP) is 2.80. The van der Waals surface area contributed by atoms with Gasteiger partial charge in [0.15, 0.2) is 0 Å². The van der Waals surface area contributed by atoms with E-state index in [4.69, 9.17) is 0 Å². The molecule has 2 N–H and O–H groups in total. The average Bonchev–Trinajstić information content (AvgIpc) is 2.72. The van der Waals surface area contributed by atoms with Crippen LogP contribution in [-0.2, 0) is 23.1 Å². The number of amides is 1. The van der Waals surface area contributed by atoms with Gasteiger partial charge in [0.1, 0.15) is 0 Å². The zero-order valence-electron chi connectivity index (χ0n) is 15.4. The zero-order valence-corrected chi connectivity index (χ0v) is 16.2. The molecule has 0 saturated heterocycles. The fourth-order valence-electron chi connectivity index (χ4n) is 2.60. The lowest BCUT2D eigenvalue weighted by molar-refractivity contribution is 0.0950. The van der Waals surface area contributed by atoms with Crippen molar-refractivity contribution < 1.29 is 13.2 Å². The summed E-state index contributed by atoms with van der Waals surface area (Å²) in [4.78, 5) is 16.2. The molecule has 6 nitrogen and oxygen atoms in total. The first-order chi connectivity index (χ1) is 13.4. The van der Waals surface area contributed by atoms with Gasteiger partial charge in [-0.25, -0.2) is 13.1 Å². The number of benzene rings is 2. The van der Waals surface area contributed by atoms with Crippen molar-refractivity contribution in [3.8, 4) is 0 Å². The Labute approximate surface area is 164 Å². The fraction of sp³-hybridized carbons (Fsp3) is 0.143. The zero-order chi connectivity index (χ0) is 20.0. The molecule has 2 aromatic carbocycles. The molecule has 0 radical (unpaired) electrons. The average molecular weight is 395 g/mol. The maximum atomic E-state index is 12.4. The highest BCUT2D eigenvalue weighted by molar-refractivity contribution is 7.89. The number of carbonyl (C=O) groups excluding carboxylic acids is 1. The Morgan fingerprint density at radius 3 is 2.32 bits per heavy atom. The van der Waals surface area contributed by atoms with Crippen LogP contribution in [0.3, 0.4) is 0 Å². The smallest absolute Gasteiger partial charge is 0.253 e. The van der Waals surface area contributed by atoms with E-state index in [9.17, 15) is 13.2 Å². The van der Waals surface area contributed by atoms with Gasteiger partial charge in [0.2, 0.25) is 10.0 Å². The van der Waals surface area contributed by atoms with Crippen LogP contribution in [0, 0.1) is 6.92 Å². The van der Waals surface area contributed by atoms with E-state index in [0.717, 1.165) is 16.7 Å². The van der Waals surface area contributed by atoms with Crippen LogP contribution < -0.4 is 10.0 Å². The summed E-state index contributed by atoms with van der Waals surface area (Å²) in [6, 6.07) is 17.6. The van der Waals surface area contributed by atoms with Crippen LogP contribution in [0.4, 0.5) is 0 Å². The van der Waals surface area contributed by atoms with E-state index in [0.29, 0.717) is 12.1 Å². The van der Waals surface area contributed by atoms with Gasteiger partial charge in [0.05, 0.1) is 10.5 Å². The molecule has 0 aliphatic rings. The van der Waals surface area contributed by atoms with Crippen LogP contribution in [0.2, 0.25) is 0 Å². The largest absolute Gasteiger partial charge is 0.348 e. The molecule has 0 spiro atoms. The van der Waals surface area contributed by atoms with Gasteiger partial charge in [-0.1, -0.05) is 36.4 Å². The third kappa shape index (κ3) is 5.25. The first kappa shape index (κ1) is 19.7. The number of aromatic nitrogens is 1. The number of pyridine rings is 1. The number of sulfonamides is 1. The van der Waals surface area contributed by atoms with E-state index in [1.807, 2.05) is 37.3 Å². The minimum atomic E-state index is -3.56. The van der Waals surface area contributed by atoms with Gasteiger partial charge in [0.25, 0.3) is 5.91 Å². The van der Waals surface area contributed by atoms with Gasteiger partial charge in [-0.2, -0.15) is 0 Å². The molecular weight excluding hydrogens is 374 g/mol. The molecule has 1 amide bonds. The molecule has 0 bridgehead atoms. The molecule has 3 aromatic rings. The van der Waals surface area contributed by atoms with Crippen molar-refractivity contribution >= 4 is 15.9 Å². The lowest BCUT2D eigenvalue weighted by atomic mass is 10.1. The number of carbonyl (C=O) groups is 1. The van der Waals surface area contributed by atoms with Crippen LogP contribution in [0.5, 0.6) is 0 Å². The van der Waals surface area contributed by atoms with E-state index in [1.165, 1.54) is 6.20 Å². The van der Waals surface area contributed by atoms with E-state index in [1.54, 1.807) is 36.5 Å². The van der Waals surface area contributed by atoms with Gasteiger partial charge in [0, 0.05) is 25.5 Å². The Morgan fingerprint density at radius 2 is 1.68 bits per heavy atom. The van der Waals surface area contributed by atoms with Crippen molar-refractivity contribution in [3.63, 3.8) is 0 Å². The van der Waals surface area contributed by atoms with Crippen LogP contribution in [0.1, 0.15) is 27.0 Å². The molecule has 3 rings (SSSR count). The van der Waals surface area contributed by atoms with Crippen molar-refractivity contribution in [2.75, 3.05) is 0 Å². The van der Waals surface area contributed by atoms with Gasteiger partial charge >= 0.3 is 0 Å². The molecular formula is C21H21N3O3S. The molecule has 0 unspecified atom stereocenters. The molecule has 1 aromatic heterocycles. The van der Waals surface area contributed by atoms with Crippen molar-refractivity contribution in [2.24, 2.45) is 0 Å². The summed E-state index contributed by atoms with van der Waals surface area (Å²) in [6.07, 6.45) is 3.13. The van der Waals surface area contributed by atoms with Crippen molar-refractivity contribution in [1.82, 2.24) is 15.0 Å². The van der Waals surface area contributed by atoms with Crippen LogP contribution >= 0.6 is 0 Å². The Bertz CT molecular complexity index is 1050. The van der Waals surface area contributed by atoms with Gasteiger partial charge < -0.3 is 5.32 Å². The monoisotopic (exact) mass is 395 g/mol. The lowest BCUT2D eigenvalue weighted by Gasteiger charge is -2.09. The number of nitrogens with one attached hydrogen (secondary N) is 2. The summed E-state index contributed by atoms with van der Waals surface area (Å²) in [5.41, 5.74) is 3.14. The van der Waals surface area contributed by atoms with E-state index < -0.39 is 10.0 Å².